The van der Waals surface area contributed by atoms with Gasteiger partial charge in [0.2, 0.25) is 0 Å². The molecule has 2 nitrogen and oxygen atoms in total. The summed E-state index contributed by atoms with van der Waals surface area (Å²) in [5.74, 6) is 0.314. The number of aryl methyl sites for hydroxylation is 1. The third kappa shape index (κ3) is 2.48. The Labute approximate surface area is 104 Å². The third-order valence-corrected chi connectivity index (χ3v) is 3.68. The fourth-order valence-corrected chi connectivity index (χ4v) is 2.62. The van der Waals surface area contributed by atoms with Gasteiger partial charge in [0.1, 0.15) is 11.6 Å². The Morgan fingerprint density at radius 1 is 1.29 bits per heavy atom. The zero-order valence-electron chi connectivity index (χ0n) is 9.74. The molecule has 17 heavy (non-hydrogen) atoms. The number of benzene rings is 1. The van der Waals surface area contributed by atoms with Gasteiger partial charge in [-0.15, -0.1) is 11.3 Å². The molecule has 2 aromatic rings. The van der Waals surface area contributed by atoms with Gasteiger partial charge in [0.05, 0.1) is 13.2 Å². The van der Waals surface area contributed by atoms with Gasteiger partial charge in [0, 0.05) is 15.3 Å². The Balaban J connectivity index is 2.42. The van der Waals surface area contributed by atoms with Crippen molar-refractivity contribution in [2.24, 2.45) is 5.73 Å². The lowest BCUT2D eigenvalue weighted by Gasteiger charge is -2.14. The topological polar surface area (TPSA) is 35.2 Å². The molecule has 90 valence electrons. The van der Waals surface area contributed by atoms with Gasteiger partial charge in [-0.25, -0.2) is 4.39 Å². The van der Waals surface area contributed by atoms with E-state index in [4.69, 9.17) is 10.5 Å². The number of hydrogen-bond acceptors (Lipinski definition) is 3. The van der Waals surface area contributed by atoms with E-state index >= 15 is 0 Å². The lowest BCUT2D eigenvalue weighted by atomic mass is 10.0. The Bertz CT molecular complexity index is 524. The first kappa shape index (κ1) is 12.1. The van der Waals surface area contributed by atoms with Crippen molar-refractivity contribution in [1.82, 2.24) is 0 Å². The highest BCUT2D eigenvalue weighted by atomic mass is 32.1. The summed E-state index contributed by atoms with van der Waals surface area (Å²) >= 11 is 1.61. The van der Waals surface area contributed by atoms with Gasteiger partial charge in [0.25, 0.3) is 0 Å². The van der Waals surface area contributed by atoms with Crippen molar-refractivity contribution in [3.05, 3.63) is 51.5 Å². The summed E-state index contributed by atoms with van der Waals surface area (Å²) in [6, 6.07) is 8.03. The predicted molar refractivity (Wildman–Crippen MR) is 68.0 cm³/mol. The second-order valence-electron chi connectivity index (χ2n) is 3.81. The number of rotatable bonds is 3. The maximum Gasteiger partial charge on any atom is 0.124 e. The number of nitrogens with two attached hydrogens (primary N) is 1. The average Bonchev–Trinajstić information content (AvgIpc) is 2.75. The number of ether oxygens (including phenoxy) is 1. The highest BCUT2D eigenvalue weighted by Gasteiger charge is 2.16. The first-order valence-electron chi connectivity index (χ1n) is 5.27. The van der Waals surface area contributed by atoms with Crippen molar-refractivity contribution in [2.75, 3.05) is 7.11 Å². The third-order valence-electron chi connectivity index (χ3n) is 2.59. The van der Waals surface area contributed by atoms with Crippen LogP contribution < -0.4 is 10.5 Å². The molecule has 1 atom stereocenters. The van der Waals surface area contributed by atoms with E-state index in [1.54, 1.807) is 24.5 Å². The van der Waals surface area contributed by atoms with Crippen LogP contribution in [0.25, 0.3) is 0 Å². The van der Waals surface area contributed by atoms with Crippen LogP contribution in [0, 0.1) is 12.7 Å². The first-order chi connectivity index (χ1) is 8.11. The molecule has 0 aliphatic carbocycles. The molecule has 0 aliphatic heterocycles. The van der Waals surface area contributed by atoms with Crippen molar-refractivity contribution >= 4 is 11.3 Å². The maximum absolute atomic E-state index is 13.3. The average molecular weight is 251 g/mol. The van der Waals surface area contributed by atoms with E-state index in [9.17, 15) is 4.39 Å². The normalized spacial score (nSPS) is 12.5. The van der Waals surface area contributed by atoms with E-state index < -0.39 is 0 Å². The summed E-state index contributed by atoms with van der Waals surface area (Å²) in [6.45, 7) is 2.02. The Morgan fingerprint density at radius 3 is 2.65 bits per heavy atom. The predicted octanol–water partition coefficient (Wildman–Crippen LogP) is 3.25. The van der Waals surface area contributed by atoms with E-state index in [1.165, 1.54) is 17.0 Å². The van der Waals surface area contributed by atoms with Crippen LogP contribution in [0.15, 0.2) is 30.3 Å². The molecule has 0 amide bonds. The van der Waals surface area contributed by atoms with Crippen molar-refractivity contribution in [1.29, 1.82) is 0 Å². The summed E-state index contributed by atoms with van der Waals surface area (Å²) in [4.78, 5) is 2.19. The van der Waals surface area contributed by atoms with Gasteiger partial charge >= 0.3 is 0 Å². The van der Waals surface area contributed by atoms with Gasteiger partial charge in [-0.2, -0.15) is 0 Å². The van der Waals surface area contributed by atoms with Crippen molar-refractivity contribution in [3.63, 3.8) is 0 Å². The minimum Gasteiger partial charge on any atom is -0.496 e. The molecule has 4 heteroatoms. The van der Waals surface area contributed by atoms with Crippen LogP contribution in [-0.2, 0) is 0 Å². The van der Waals surface area contributed by atoms with Gasteiger partial charge in [-0.3, -0.25) is 0 Å². The molecule has 1 aromatic carbocycles. The van der Waals surface area contributed by atoms with Crippen LogP contribution in [0.2, 0.25) is 0 Å². The summed E-state index contributed by atoms with van der Waals surface area (Å²) in [5.41, 5.74) is 6.81. The molecular formula is C13H14FNOS. The zero-order valence-corrected chi connectivity index (χ0v) is 10.6. The molecule has 0 fully saturated rings. The van der Waals surface area contributed by atoms with Crippen LogP contribution in [0.1, 0.15) is 21.4 Å². The van der Waals surface area contributed by atoms with E-state index in [2.05, 4.69) is 0 Å². The fraction of sp³-hybridized carbons (Fsp3) is 0.231. The molecule has 0 saturated carbocycles. The highest BCUT2D eigenvalue weighted by Crippen LogP contribution is 2.32. The molecule has 1 heterocycles. The van der Waals surface area contributed by atoms with Gasteiger partial charge in [0.15, 0.2) is 0 Å². The molecular weight excluding hydrogens is 237 g/mol. The number of halogens is 1. The fourth-order valence-electron chi connectivity index (χ4n) is 1.72. The van der Waals surface area contributed by atoms with Crippen molar-refractivity contribution in [3.8, 4) is 5.75 Å². The molecule has 0 saturated heterocycles. The maximum atomic E-state index is 13.3. The van der Waals surface area contributed by atoms with Crippen molar-refractivity contribution in [2.45, 2.75) is 13.0 Å². The number of methoxy groups -OCH3 is 1. The smallest absolute Gasteiger partial charge is 0.124 e. The standard InChI is InChI=1S/C13H14FNOS/c1-8-3-6-12(17-8)13(15)10-7-9(14)4-5-11(10)16-2/h3-7,13H,15H2,1-2H3. The largest absolute Gasteiger partial charge is 0.496 e. The molecule has 0 radical (unpaired) electrons. The summed E-state index contributed by atoms with van der Waals surface area (Å²) in [5, 5.41) is 0. The lowest BCUT2D eigenvalue weighted by Crippen LogP contribution is -2.11. The molecule has 1 unspecified atom stereocenters. The van der Waals surface area contributed by atoms with Gasteiger partial charge < -0.3 is 10.5 Å². The van der Waals surface area contributed by atoms with E-state index in [0.29, 0.717) is 11.3 Å². The summed E-state index contributed by atoms with van der Waals surface area (Å²) < 4.78 is 18.5. The van der Waals surface area contributed by atoms with Crippen LogP contribution in [0.4, 0.5) is 4.39 Å². The minimum absolute atomic E-state index is 0.301. The van der Waals surface area contributed by atoms with Crippen LogP contribution in [-0.4, -0.2) is 7.11 Å². The van der Waals surface area contributed by atoms with Crippen LogP contribution in [0.3, 0.4) is 0 Å². The van der Waals surface area contributed by atoms with Gasteiger partial charge in [-0.05, 0) is 37.3 Å². The van der Waals surface area contributed by atoms with Gasteiger partial charge in [-0.1, -0.05) is 0 Å². The second kappa shape index (κ2) is 4.85. The number of hydrogen-bond donors (Lipinski definition) is 1. The Kier molecular flexibility index (Phi) is 3.45. The monoisotopic (exact) mass is 251 g/mol. The second-order valence-corrected chi connectivity index (χ2v) is 5.13. The molecule has 0 aliphatic rings. The highest BCUT2D eigenvalue weighted by molar-refractivity contribution is 7.12. The number of thiophene rings is 1. The van der Waals surface area contributed by atoms with E-state index in [-0.39, 0.29) is 11.9 Å². The minimum atomic E-state index is -0.348. The summed E-state index contributed by atoms with van der Waals surface area (Å²) in [7, 11) is 1.56. The lowest BCUT2D eigenvalue weighted by molar-refractivity contribution is 0.406. The molecule has 0 bridgehead atoms. The Hall–Kier alpha value is -1.39. The van der Waals surface area contributed by atoms with Crippen LogP contribution >= 0.6 is 11.3 Å². The zero-order chi connectivity index (χ0) is 12.4. The molecule has 1 aromatic heterocycles. The van der Waals surface area contributed by atoms with Crippen molar-refractivity contribution < 1.29 is 9.13 Å². The van der Waals surface area contributed by atoms with E-state index in [1.807, 2.05) is 19.1 Å². The molecule has 2 rings (SSSR count). The quantitative estimate of drug-likeness (QED) is 0.908. The summed E-state index contributed by atoms with van der Waals surface area (Å²) in [6.07, 6.45) is 0. The molecule has 2 N–H and O–H groups in total. The molecule has 0 spiro atoms. The van der Waals surface area contributed by atoms with E-state index in [0.717, 1.165) is 4.88 Å². The Morgan fingerprint density at radius 2 is 2.06 bits per heavy atom. The van der Waals surface area contributed by atoms with Crippen LogP contribution in [0.5, 0.6) is 5.75 Å². The SMILES string of the molecule is COc1ccc(F)cc1C(N)c1ccc(C)s1. The first-order valence-corrected chi connectivity index (χ1v) is 6.09.